The molecule has 0 bridgehead atoms. The van der Waals surface area contributed by atoms with Gasteiger partial charge in [0.1, 0.15) is 0 Å². The van der Waals surface area contributed by atoms with Crippen LogP contribution in [0.5, 0.6) is 0 Å². The molecule has 0 unspecified atom stereocenters. The quantitative estimate of drug-likeness (QED) is 0.679. The third-order valence-electron chi connectivity index (χ3n) is 2.54. The minimum atomic E-state index is 0.159. The van der Waals surface area contributed by atoms with E-state index in [9.17, 15) is 4.79 Å². The van der Waals surface area contributed by atoms with E-state index in [0.717, 1.165) is 25.1 Å². The van der Waals surface area contributed by atoms with Crippen molar-refractivity contribution in [3.63, 3.8) is 0 Å². The number of rotatable bonds is 7. The lowest BCUT2D eigenvalue weighted by Crippen LogP contribution is -2.26. The normalized spacial score (nSPS) is 10.2. The smallest absolute Gasteiger partial charge is 0.222 e. The predicted molar refractivity (Wildman–Crippen MR) is 66.4 cm³/mol. The van der Waals surface area contributed by atoms with Gasteiger partial charge in [-0.2, -0.15) is 0 Å². The second-order valence-electron chi connectivity index (χ2n) is 4.02. The highest BCUT2D eigenvalue weighted by Gasteiger charge is 2.08. The van der Waals surface area contributed by atoms with E-state index in [2.05, 4.69) is 4.98 Å². The standard InChI is InChI=1S/C13H20N2O2/c1-15(11-12-7-3-5-9-14-12)13(16)8-4-6-10-17-2/h3,5,7,9H,4,6,8,10-11H2,1-2H3. The maximum atomic E-state index is 11.8. The van der Waals surface area contributed by atoms with E-state index in [-0.39, 0.29) is 5.91 Å². The van der Waals surface area contributed by atoms with Crippen LogP contribution in [0.4, 0.5) is 0 Å². The number of hydrogen-bond donors (Lipinski definition) is 0. The molecular formula is C13H20N2O2. The number of nitrogens with zero attached hydrogens (tertiary/aromatic N) is 2. The van der Waals surface area contributed by atoms with Crippen molar-refractivity contribution in [1.29, 1.82) is 0 Å². The number of hydrogen-bond acceptors (Lipinski definition) is 3. The topological polar surface area (TPSA) is 42.4 Å². The molecule has 1 heterocycles. The fourth-order valence-electron chi connectivity index (χ4n) is 1.54. The Balaban J connectivity index is 2.27. The van der Waals surface area contributed by atoms with Crippen LogP contribution < -0.4 is 0 Å². The molecule has 1 aromatic heterocycles. The molecule has 0 saturated heterocycles. The zero-order chi connectivity index (χ0) is 12.5. The van der Waals surface area contributed by atoms with Gasteiger partial charge in [0.15, 0.2) is 0 Å². The Labute approximate surface area is 103 Å². The summed E-state index contributed by atoms with van der Waals surface area (Å²) in [4.78, 5) is 17.7. The fourth-order valence-corrected chi connectivity index (χ4v) is 1.54. The summed E-state index contributed by atoms with van der Waals surface area (Å²) in [5.74, 6) is 0.159. The van der Waals surface area contributed by atoms with E-state index >= 15 is 0 Å². The third-order valence-corrected chi connectivity index (χ3v) is 2.54. The van der Waals surface area contributed by atoms with Crippen molar-refractivity contribution in [2.24, 2.45) is 0 Å². The van der Waals surface area contributed by atoms with Crippen LogP contribution in [0.2, 0.25) is 0 Å². The minimum absolute atomic E-state index is 0.159. The van der Waals surface area contributed by atoms with E-state index < -0.39 is 0 Å². The van der Waals surface area contributed by atoms with Gasteiger partial charge in [0.05, 0.1) is 12.2 Å². The first-order valence-electron chi connectivity index (χ1n) is 5.87. The van der Waals surface area contributed by atoms with Crippen molar-refractivity contribution in [3.8, 4) is 0 Å². The number of methoxy groups -OCH3 is 1. The average molecular weight is 236 g/mol. The van der Waals surface area contributed by atoms with Gasteiger partial charge in [-0.1, -0.05) is 6.07 Å². The number of pyridine rings is 1. The van der Waals surface area contributed by atoms with Crippen LogP contribution in [-0.4, -0.2) is 36.6 Å². The largest absolute Gasteiger partial charge is 0.385 e. The van der Waals surface area contributed by atoms with Gasteiger partial charge in [-0.15, -0.1) is 0 Å². The maximum Gasteiger partial charge on any atom is 0.222 e. The molecule has 94 valence electrons. The van der Waals surface area contributed by atoms with Crippen molar-refractivity contribution < 1.29 is 9.53 Å². The first-order chi connectivity index (χ1) is 8.24. The summed E-state index contributed by atoms with van der Waals surface area (Å²) >= 11 is 0. The zero-order valence-electron chi connectivity index (χ0n) is 10.6. The van der Waals surface area contributed by atoms with E-state index in [0.29, 0.717) is 13.0 Å². The number of unbranched alkanes of at least 4 members (excludes halogenated alkanes) is 1. The molecule has 1 aromatic rings. The molecule has 4 heteroatoms. The summed E-state index contributed by atoms with van der Waals surface area (Å²) in [5.41, 5.74) is 0.917. The van der Waals surface area contributed by atoms with Crippen LogP contribution in [0.3, 0.4) is 0 Å². The van der Waals surface area contributed by atoms with Gasteiger partial charge in [0.25, 0.3) is 0 Å². The van der Waals surface area contributed by atoms with Crippen molar-refractivity contribution >= 4 is 5.91 Å². The van der Waals surface area contributed by atoms with E-state index in [1.165, 1.54) is 0 Å². The first kappa shape index (κ1) is 13.6. The molecular weight excluding hydrogens is 216 g/mol. The maximum absolute atomic E-state index is 11.8. The van der Waals surface area contributed by atoms with Crippen molar-refractivity contribution in [1.82, 2.24) is 9.88 Å². The van der Waals surface area contributed by atoms with Gasteiger partial charge in [0, 0.05) is 33.4 Å². The monoisotopic (exact) mass is 236 g/mol. The lowest BCUT2D eigenvalue weighted by molar-refractivity contribution is -0.130. The van der Waals surface area contributed by atoms with Gasteiger partial charge >= 0.3 is 0 Å². The van der Waals surface area contributed by atoms with Crippen LogP contribution >= 0.6 is 0 Å². The summed E-state index contributed by atoms with van der Waals surface area (Å²) < 4.78 is 4.94. The molecule has 0 aliphatic carbocycles. The molecule has 17 heavy (non-hydrogen) atoms. The summed E-state index contributed by atoms with van der Waals surface area (Å²) in [6.07, 6.45) is 4.12. The van der Waals surface area contributed by atoms with Gasteiger partial charge in [-0.3, -0.25) is 9.78 Å². The van der Waals surface area contributed by atoms with Crippen LogP contribution in [0.15, 0.2) is 24.4 Å². The molecule has 0 aliphatic rings. The van der Waals surface area contributed by atoms with E-state index in [1.54, 1.807) is 18.2 Å². The van der Waals surface area contributed by atoms with Crippen molar-refractivity contribution in [3.05, 3.63) is 30.1 Å². The zero-order valence-corrected chi connectivity index (χ0v) is 10.6. The molecule has 0 spiro atoms. The Morgan fingerprint density at radius 3 is 2.88 bits per heavy atom. The second-order valence-corrected chi connectivity index (χ2v) is 4.02. The van der Waals surface area contributed by atoms with Gasteiger partial charge in [-0.25, -0.2) is 0 Å². The molecule has 1 amide bonds. The molecule has 0 N–H and O–H groups in total. The highest BCUT2D eigenvalue weighted by molar-refractivity contribution is 5.75. The molecule has 4 nitrogen and oxygen atoms in total. The van der Waals surface area contributed by atoms with E-state index in [4.69, 9.17) is 4.74 Å². The molecule has 0 aliphatic heterocycles. The summed E-state index contributed by atoms with van der Waals surface area (Å²) in [6.45, 7) is 1.29. The average Bonchev–Trinajstić information content (AvgIpc) is 2.35. The van der Waals surface area contributed by atoms with Crippen LogP contribution in [0, 0.1) is 0 Å². The van der Waals surface area contributed by atoms with Crippen molar-refractivity contribution in [2.75, 3.05) is 20.8 Å². The number of carbonyl (C=O) groups is 1. The number of ether oxygens (including phenoxy) is 1. The minimum Gasteiger partial charge on any atom is -0.385 e. The van der Waals surface area contributed by atoms with Gasteiger partial charge < -0.3 is 9.64 Å². The molecule has 0 radical (unpaired) electrons. The molecule has 0 fully saturated rings. The van der Waals surface area contributed by atoms with Gasteiger partial charge in [-0.05, 0) is 25.0 Å². The Morgan fingerprint density at radius 2 is 2.24 bits per heavy atom. The summed E-state index contributed by atoms with van der Waals surface area (Å²) in [6, 6.07) is 5.73. The fraction of sp³-hybridized carbons (Fsp3) is 0.538. The van der Waals surface area contributed by atoms with Crippen LogP contribution in [0.25, 0.3) is 0 Å². The molecule has 0 aromatic carbocycles. The van der Waals surface area contributed by atoms with Crippen molar-refractivity contribution in [2.45, 2.75) is 25.8 Å². The summed E-state index contributed by atoms with van der Waals surface area (Å²) in [7, 11) is 3.49. The highest BCUT2D eigenvalue weighted by atomic mass is 16.5. The molecule has 1 rings (SSSR count). The molecule has 0 atom stereocenters. The lowest BCUT2D eigenvalue weighted by Gasteiger charge is -2.16. The third kappa shape index (κ3) is 5.45. The Bertz CT molecular complexity index is 327. The predicted octanol–water partition coefficient (Wildman–Crippen LogP) is 1.86. The van der Waals surface area contributed by atoms with E-state index in [1.807, 2.05) is 25.2 Å². The van der Waals surface area contributed by atoms with Gasteiger partial charge in [0.2, 0.25) is 5.91 Å². The Hall–Kier alpha value is -1.42. The molecule has 0 saturated carbocycles. The summed E-state index contributed by atoms with van der Waals surface area (Å²) in [5, 5.41) is 0. The highest BCUT2D eigenvalue weighted by Crippen LogP contribution is 2.04. The Morgan fingerprint density at radius 1 is 1.41 bits per heavy atom. The second kappa shape index (κ2) is 7.79. The Kier molecular flexibility index (Phi) is 6.25. The van der Waals surface area contributed by atoms with Crippen LogP contribution in [0.1, 0.15) is 25.0 Å². The number of aromatic nitrogens is 1. The number of amides is 1. The lowest BCUT2D eigenvalue weighted by atomic mass is 10.2. The van der Waals surface area contributed by atoms with Crippen LogP contribution in [-0.2, 0) is 16.1 Å². The first-order valence-corrected chi connectivity index (χ1v) is 5.87. The SMILES string of the molecule is COCCCCC(=O)N(C)Cc1ccccn1. The number of carbonyl (C=O) groups excluding carboxylic acids is 1.